The molecule has 242 valence electrons. The molecule has 0 fully saturated rings. The zero-order valence-corrected chi connectivity index (χ0v) is 30.2. The van der Waals surface area contributed by atoms with Gasteiger partial charge in [0.2, 0.25) is 0 Å². The van der Waals surface area contributed by atoms with Crippen LogP contribution >= 0.6 is 11.3 Å². The predicted octanol–water partition coefficient (Wildman–Crippen LogP) is 10.8. The fourth-order valence-electron chi connectivity index (χ4n) is 8.93. The van der Waals surface area contributed by atoms with Gasteiger partial charge in [0.25, 0.3) is 0 Å². The minimum atomic E-state index is -1.98. The second kappa shape index (κ2) is 10.3. The van der Waals surface area contributed by atoms with Gasteiger partial charge in [0.15, 0.2) is 0 Å². The third kappa shape index (κ3) is 3.83. The summed E-state index contributed by atoms with van der Waals surface area (Å²) >= 11 is 1.87. The first-order valence-corrected chi connectivity index (χ1v) is 21.3. The van der Waals surface area contributed by atoms with Gasteiger partial charge in [-0.05, 0) is 106 Å². The van der Waals surface area contributed by atoms with Gasteiger partial charge in [0, 0.05) is 53.1 Å². The quantitative estimate of drug-likeness (QED) is 0.169. The van der Waals surface area contributed by atoms with Gasteiger partial charge in [-0.2, -0.15) is 10.5 Å². The molecule has 0 spiro atoms. The smallest absolute Gasteiger partial charge is 0.113 e. The van der Waals surface area contributed by atoms with Crippen molar-refractivity contribution in [1.29, 1.82) is 10.5 Å². The minimum Gasteiger partial charge on any atom is -0.309 e. The molecule has 1 aliphatic rings. The number of nitriles is 2. The first-order chi connectivity index (χ1) is 25.4. The van der Waals surface area contributed by atoms with E-state index in [0.717, 1.165) is 33.2 Å². The third-order valence-electron chi connectivity index (χ3n) is 11.4. The van der Waals surface area contributed by atoms with Crippen LogP contribution < -0.4 is 10.4 Å². The zero-order valence-electron chi connectivity index (χ0n) is 28.4. The molecule has 0 saturated heterocycles. The lowest BCUT2D eigenvalue weighted by Crippen LogP contribution is -2.49. The van der Waals surface area contributed by atoms with E-state index in [1.807, 2.05) is 47.7 Å². The highest BCUT2D eigenvalue weighted by atomic mass is 32.1. The van der Waals surface area contributed by atoms with Crippen LogP contribution in [0.25, 0.3) is 86.3 Å². The molecule has 4 heterocycles. The van der Waals surface area contributed by atoms with Crippen LogP contribution in [0, 0.1) is 22.7 Å². The number of para-hydroxylation sites is 1. The second-order valence-corrected chi connectivity index (χ2v) is 19.8. The average Bonchev–Trinajstić information content (AvgIpc) is 3.88. The molecule has 4 nitrogen and oxygen atoms in total. The van der Waals surface area contributed by atoms with Crippen LogP contribution in [0.15, 0.2) is 133 Å². The summed E-state index contributed by atoms with van der Waals surface area (Å²) in [7, 11) is -1.98. The summed E-state index contributed by atoms with van der Waals surface area (Å²) in [4.78, 5) is 0. The lowest BCUT2D eigenvalue weighted by Gasteiger charge is -2.19. The summed E-state index contributed by atoms with van der Waals surface area (Å²) in [5, 5.41) is 29.4. The van der Waals surface area contributed by atoms with Crippen molar-refractivity contribution in [2.75, 3.05) is 0 Å². The number of hydrogen-bond acceptors (Lipinski definition) is 3. The van der Waals surface area contributed by atoms with Crippen molar-refractivity contribution in [3.8, 4) is 34.6 Å². The SMILES string of the molecule is C[Si]1(C)c2ccc(-n3c4ccc(C#N)cc4c4cc(C#N)ccc43)cc2-c2cc(-n3c4ccccc4c4cc5sc6ccccc6c5cc43)ccc21. The summed E-state index contributed by atoms with van der Waals surface area (Å²) in [6, 6.07) is 52.7. The molecule has 10 aromatic rings. The summed E-state index contributed by atoms with van der Waals surface area (Å²) in [5.41, 5.74) is 10.5. The van der Waals surface area contributed by atoms with Gasteiger partial charge in [0.1, 0.15) is 8.07 Å². The molecule has 7 aromatic carbocycles. The van der Waals surface area contributed by atoms with E-state index in [-0.39, 0.29) is 0 Å². The Morgan fingerprint density at radius 3 is 1.63 bits per heavy atom. The zero-order chi connectivity index (χ0) is 34.9. The van der Waals surface area contributed by atoms with Gasteiger partial charge in [-0.3, -0.25) is 0 Å². The minimum absolute atomic E-state index is 0.607. The summed E-state index contributed by atoms with van der Waals surface area (Å²) in [6.07, 6.45) is 0. The molecule has 6 heteroatoms. The maximum Gasteiger partial charge on any atom is 0.113 e. The highest BCUT2D eigenvalue weighted by molar-refractivity contribution is 7.25. The van der Waals surface area contributed by atoms with Crippen LogP contribution in [-0.4, -0.2) is 17.2 Å². The number of benzene rings is 7. The highest BCUT2D eigenvalue weighted by Crippen LogP contribution is 2.42. The Morgan fingerprint density at radius 2 is 1.00 bits per heavy atom. The summed E-state index contributed by atoms with van der Waals surface area (Å²) < 4.78 is 7.38. The van der Waals surface area contributed by atoms with Gasteiger partial charge in [-0.1, -0.05) is 61.6 Å². The van der Waals surface area contributed by atoms with Crippen molar-refractivity contribution < 1.29 is 0 Å². The largest absolute Gasteiger partial charge is 0.309 e. The predicted molar refractivity (Wildman–Crippen MR) is 220 cm³/mol. The third-order valence-corrected chi connectivity index (χ3v) is 16.1. The van der Waals surface area contributed by atoms with Crippen LogP contribution in [0.3, 0.4) is 0 Å². The molecule has 0 aliphatic carbocycles. The number of nitrogens with zero attached hydrogens (tertiary/aromatic N) is 4. The van der Waals surface area contributed by atoms with E-state index >= 15 is 0 Å². The molecular formula is C46H28N4SSi. The monoisotopic (exact) mass is 696 g/mol. The van der Waals surface area contributed by atoms with E-state index in [1.165, 1.54) is 63.5 Å². The highest BCUT2D eigenvalue weighted by Gasteiger charge is 2.38. The lowest BCUT2D eigenvalue weighted by atomic mass is 10.0. The molecule has 0 radical (unpaired) electrons. The van der Waals surface area contributed by atoms with Gasteiger partial charge >= 0.3 is 0 Å². The molecule has 0 amide bonds. The average molecular weight is 697 g/mol. The second-order valence-electron chi connectivity index (χ2n) is 14.4. The molecule has 0 bridgehead atoms. The fraction of sp³-hybridized carbons (Fsp3) is 0.0435. The van der Waals surface area contributed by atoms with Crippen LogP contribution in [0.2, 0.25) is 13.1 Å². The van der Waals surface area contributed by atoms with E-state index in [9.17, 15) is 10.5 Å². The van der Waals surface area contributed by atoms with E-state index < -0.39 is 8.07 Å². The molecular weight excluding hydrogens is 669 g/mol. The molecule has 0 atom stereocenters. The van der Waals surface area contributed by atoms with Crippen LogP contribution in [0.5, 0.6) is 0 Å². The molecule has 0 N–H and O–H groups in total. The van der Waals surface area contributed by atoms with Crippen LogP contribution in [0.1, 0.15) is 11.1 Å². The number of rotatable bonds is 2. The van der Waals surface area contributed by atoms with Crippen molar-refractivity contribution in [2.45, 2.75) is 13.1 Å². The fourth-order valence-corrected chi connectivity index (χ4v) is 13.1. The number of hydrogen-bond donors (Lipinski definition) is 0. The standard InChI is InChI=1S/C46H28N4SSi/c1-52(2)45-17-13-29(49-40-15-11-27(25-47)19-33(40)34-20-28(26-48)12-16-41(34)49)21-37(45)38-22-30(14-18-46(38)52)50-39-9-5-3-7-31(39)35-24-44-36(23-42(35)50)32-8-4-6-10-43(32)51-44/h3-24H,1-2H3. The number of aromatic nitrogens is 2. The van der Waals surface area contributed by atoms with Gasteiger partial charge in [0.05, 0.1) is 45.3 Å². The maximum absolute atomic E-state index is 9.72. The Morgan fingerprint density at radius 1 is 0.462 bits per heavy atom. The number of fused-ring (bicyclic) bond motifs is 12. The topological polar surface area (TPSA) is 57.4 Å². The van der Waals surface area contributed by atoms with Crippen LogP contribution in [0.4, 0.5) is 0 Å². The Bertz CT molecular complexity index is 3240. The summed E-state index contributed by atoms with van der Waals surface area (Å²) in [5.74, 6) is 0. The molecule has 0 unspecified atom stereocenters. The molecule has 3 aromatic heterocycles. The molecule has 11 rings (SSSR count). The van der Waals surface area contributed by atoms with Crippen molar-refractivity contribution in [1.82, 2.24) is 9.13 Å². The van der Waals surface area contributed by atoms with E-state index in [0.29, 0.717) is 11.1 Å². The van der Waals surface area contributed by atoms with Crippen LogP contribution in [-0.2, 0) is 0 Å². The van der Waals surface area contributed by atoms with E-state index in [4.69, 9.17) is 0 Å². The van der Waals surface area contributed by atoms with E-state index in [1.54, 1.807) is 0 Å². The van der Waals surface area contributed by atoms with Gasteiger partial charge in [-0.25, -0.2) is 0 Å². The Hall–Kier alpha value is -6.44. The maximum atomic E-state index is 9.72. The molecule has 52 heavy (non-hydrogen) atoms. The normalized spacial score (nSPS) is 13.3. The number of thiophene rings is 1. The molecule has 0 saturated carbocycles. The van der Waals surface area contributed by atoms with Gasteiger partial charge in [-0.15, -0.1) is 11.3 Å². The Kier molecular flexibility index (Phi) is 5.81. The Balaban J connectivity index is 1.16. The lowest BCUT2D eigenvalue weighted by molar-refractivity contribution is 1.18. The van der Waals surface area contributed by atoms with Gasteiger partial charge < -0.3 is 9.13 Å². The molecule has 1 aliphatic heterocycles. The van der Waals surface area contributed by atoms with Crippen molar-refractivity contribution >= 4 is 93.6 Å². The van der Waals surface area contributed by atoms with Crippen molar-refractivity contribution in [3.63, 3.8) is 0 Å². The Labute approximate surface area is 304 Å². The first-order valence-electron chi connectivity index (χ1n) is 17.5. The van der Waals surface area contributed by atoms with E-state index in [2.05, 4.69) is 131 Å². The van der Waals surface area contributed by atoms with Crippen molar-refractivity contribution in [2.24, 2.45) is 0 Å². The summed E-state index contributed by atoms with van der Waals surface area (Å²) in [6.45, 7) is 4.92. The van der Waals surface area contributed by atoms with Crippen molar-refractivity contribution in [3.05, 3.63) is 145 Å². The first kappa shape index (κ1) is 29.3.